The van der Waals surface area contributed by atoms with E-state index < -0.39 is 0 Å². The summed E-state index contributed by atoms with van der Waals surface area (Å²) in [5.41, 5.74) is 0.818. The molecule has 1 unspecified atom stereocenters. The van der Waals surface area contributed by atoms with Crippen LogP contribution in [-0.2, 0) is 16.0 Å². The van der Waals surface area contributed by atoms with Crippen molar-refractivity contribution in [2.45, 2.75) is 44.6 Å². The molecule has 26 heavy (non-hydrogen) atoms. The first-order valence-corrected chi connectivity index (χ1v) is 9.26. The molecule has 2 aliphatic rings. The average molecular weight is 356 g/mol. The molecule has 138 valence electrons. The Morgan fingerprint density at radius 1 is 1.31 bits per heavy atom. The molecular weight excluding hydrogens is 332 g/mol. The predicted molar refractivity (Wildman–Crippen MR) is 94.1 cm³/mol. The van der Waals surface area contributed by atoms with Crippen molar-refractivity contribution >= 4 is 5.91 Å². The van der Waals surface area contributed by atoms with Gasteiger partial charge in [0.15, 0.2) is 0 Å². The summed E-state index contributed by atoms with van der Waals surface area (Å²) in [4.78, 5) is 22.0. The van der Waals surface area contributed by atoms with Crippen LogP contribution in [0.1, 0.15) is 38.5 Å². The lowest BCUT2D eigenvalue weighted by molar-refractivity contribution is -0.145. The van der Waals surface area contributed by atoms with Gasteiger partial charge in [0.25, 0.3) is 0 Å². The second kappa shape index (κ2) is 7.15. The third-order valence-electron chi connectivity index (χ3n) is 5.58. The van der Waals surface area contributed by atoms with Crippen molar-refractivity contribution in [3.05, 3.63) is 30.4 Å². The maximum atomic E-state index is 11.5. The van der Waals surface area contributed by atoms with Crippen LogP contribution < -0.4 is 0 Å². The van der Waals surface area contributed by atoms with Crippen molar-refractivity contribution in [2.75, 3.05) is 19.7 Å². The molecule has 4 rings (SSSR count). The van der Waals surface area contributed by atoms with Crippen LogP contribution in [0, 0.1) is 5.92 Å². The molecule has 0 bridgehead atoms. The molecule has 0 aliphatic carbocycles. The molecule has 2 aromatic heterocycles. The van der Waals surface area contributed by atoms with Gasteiger partial charge in [-0.2, -0.15) is 4.98 Å². The summed E-state index contributed by atoms with van der Waals surface area (Å²) < 4.78 is 11.6. The van der Waals surface area contributed by atoms with Crippen molar-refractivity contribution < 1.29 is 14.1 Å². The number of likely N-dealkylation sites (tertiary alicyclic amines) is 1. The Kier molecular flexibility index (Phi) is 4.72. The van der Waals surface area contributed by atoms with Gasteiger partial charge in [-0.25, -0.2) is 0 Å². The Hall–Kier alpha value is -2.28. The van der Waals surface area contributed by atoms with Crippen LogP contribution in [0.25, 0.3) is 11.4 Å². The van der Waals surface area contributed by atoms with E-state index in [9.17, 15) is 4.79 Å². The van der Waals surface area contributed by atoms with Crippen LogP contribution in [0.15, 0.2) is 29.0 Å². The number of hydrogen-bond acceptors (Lipinski definition) is 6. The van der Waals surface area contributed by atoms with E-state index in [0.717, 1.165) is 57.4 Å². The SMILES string of the molecule is CC(=O)N1CCC2(CC1)CC(Cc1nc(-c3ccncc3)no1)CCO2. The number of rotatable bonds is 3. The lowest BCUT2D eigenvalue weighted by Crippen LogP contribution is -2.50. The Morgan fingerprint density at radius 2 is 2.08 bits per heavy atom. The molecule has 0 saturated carbocycles. The van der Waals surface area contributed by atoms with Crippen LogP contribution in [0.3, 0.4) is 0 Å². The first-order chi connectivity index (χ1) is 12.6. The summed E-state index contributed by atoms with van der Waals surface area (Å²) in [5, 5.41) is 4.10. The summed E-state index contributed by atoms with van der Waals surface area (Å²) in [6.45, 7) is 3.97. The topological polar surface area (TPSA) is 81.4 Å². The molecule has 0 N–H and O–H groups in total. The lowest BCUT2D eigenvalue weighted by Gasteiger charge is -2.46. The average Bonchev–Trinajstić information content (AvgIpc) is 3.11. The second-order valence-electron chi connectivity index (χ2n) is 7.35. The van der Waals surface area contributed by atoms with Crippen molar-refractivity contribution in [1.29, 1.82) is 0 Å². The van der Waals surface area contributed by atoms with Crippen molar-refractivity contribution in [2.24, 2.45) is 5.92 Å². The van der Waals surface area contributed by atoms with Crippen LogP contribution in [0.2, 0.25) is 0 Å². The fraction of sp³-hybridized carbons (Fsp3) is 0.579. The van der Waals surface area contributed by atoms with Crippen molar-refractivity contribution in [3.63, 3.8) is 0 Å². The zero-order valence-corrected chi connectivity index (χ0v) is 15.1. The fourth-order valence-corrected chi connectivity index (χ4v) is 4.08. The number of ether oxygens (including phenoxy) is 1. The molecule has 0 aromatic carbocycles. The molecule has 1 amide bonds. The Morgan fingerprint density at radius 3 is 2.81 bits per heavy atom. The minimum Gasteiger partial charge on any atom is -0.375 e. The first kappa shape index (κ1) is 17.1. The van der Waals surface area contributed by atoms with Gasteiger partial charge in [0, 0.05) is 51.0 Å². The predicted octanol–water partition coefficient (Wildman–Crippen LogP) is 2.48. The van der Waals surface area contributed by atoms with Gasteiger partial charge in [-0.15, -0.1) is 0 Å². The van der Waals surface area contributed by atoms with Gasteiger partial charge in [0.1, 0.15) is 0 Å². The van der Waals surface area contributed by atoms with Gasteiger partial charge in [-0.3, -0.25) is 9.78 Å². The largest absolute Gasteiger partial charge is 0.375 e. The maximum absolute atomic E-state index is 11.5. The van der Waals surface area contributed by atoms with Gasteiger partial charge >= 0.3 is 0 Å². The Balaban J connectivity index is 1.39. The third-order valence-corrected chi connectivity index (χ3v) is 5.58. The van der Waals surface area contributed by atoms with Gasteiger partial charge in [-0.1, -0.05) is 5.16 Å². The van der Waals surface area contributed by atoms with Gasteiger partial charge in [0.05, 0.1) is 5.60 Å². The van der Waals surface area contributed by atoms with E-state index in [1.165, 1.54) is 0 Å². The zero-order chi connectivity index (χ0) is 18.0. The molecule has 2 saturated heterocycles. The number of carbonyl (C=O) groups is 1. The maximum Gasteiger partial charge on any atom is 0.227 e. The highest BCUT2D eigenvalue weighted by atomic mass is 16.5. The Labute approximate surface area is 152 Å². The summed E-state index contributed by atoms with van der Waals surface area (Å²) in [6.07, 6.45) is 8.04. The minimum atomic E-state index is -0.0944. The molecule has 7 nitrogen and oxygen atoms in total. The summed E-state index contributed by atoms with van der Waals surface area (Å²) in [7, 11) is 0. The summed E-state index contributed by atoms with van der Waals surface area (Å²) >= 11 is 0. The van der Waals surface area contributed by atoms with E-state index in [2.05, 4.69) is 15.1 Å². The minimum absolute atomic E-state index is 0.0944. The molecule has 2 aromatic rings. The normalized spacial score (nSPS) is 22.5. The number of hydrogen-bond donors (Lipinski definition) is 0. The molecular formula is C19H24N4O3. The van der Waals surface area contributed by atoms with E-state index in [1.807, 2.05) is 17.0 Å². The van der Waals surface area contributed by atoms with E-state index in [-0.39, 0.29) is 11.5 Å². The Bertz CT molecular complexity index is 753. The van der Waals surface area contributed by atoms with Gasteiger partial charge in [-0.05, 0) is 43.7 Å². The van der Waals surface area contributed by atoms with E-state index in [0.29, 0.717) is 17.6 Å². The quantitative estimate of drug-likeness (QED) is 0.840. The highest BCUT2D eigenvalue weighted by molar-refractivity contribution is 5.73. The second-order valence-corrected chi connectivity index (χ2v) is 7.35. The van der Waals surface area contributed by atoms with Gasteiger partial charge < -0.3 is 14.2 Å². The zero-order valence-electron chi connectivity index (χ0n) is 15.1. The van der Waals surface area contributed by atoms with Crippen LogP contribution in [0.4, 0.5) is 0 Å². The summed E-state index contributed by atoms with van der Waals surface area (Å²) in [5.74, 6) is 1.92. The van der Waals surface area contributed by atoms with Crippen molar-refractivity contribution in [1.82, 2.24) is 20.0 Å². The van der Waals surface area contributed by atoms with Crippen molar-refractivity contribution in [3.8, 4) is 11.4 Å². The van der Waals surface area contributed by atoms with E-state index >= 15 is 0 Å². The molecule has 2 fully saturated rings. The highest BCUT2D eigenvalue weighted by Gasteiger charge is 2.41. The lowest BCUT2D eigenvalue weighted by atomic mass is 9.78. The number of piperidine rings is 1. The number of amides is 1. The third kappa shape index (κ3) is 3.62. The fourth-order valence-electron chi connectivity index (χ4n) is 4.08. The number of nitrogens with zero attached hydrogens (tertiary/aromatic N) is 4. The number of aromatic nitrogens is 3. The molecule has 7 heteroatoms. The smallest absolute Gasteiger partial charge is 0.227 e. The molecule has 4 heterocycles. The molecule has 1 spiro atoms. The van der Waals surface area contributed by atoms with Crippen LogP contribution >= 0.6 is 0 Å². The molecule has 1 atom stereocenters. The summed E-state index contributed by atoms with van der Waals surface area (Å²) in [6, 6.07) is 3.75. The number of carbonyl (C=O) groups excluding carboxylic acids is 1. The monoisotopic (exact) mass is 356 g/mol. The standard InChI is InChI=1S/C19H24N4O3/c1-14(24)23-9-5-19(6-10-23)13-15(4-11-25-19)12-17-21-18(22-26-17)16-2-7-20-8-3-16/h2-3,7-8,15H,4-6,9-13H2,1H3. The highest BCUT2D eigenvalue weighted by Crippen LogP contribution is 2.38. The first-order valence-electron chi connectivity index (χ1n) is 9.26. The van der Waals surface area contributed by atoms with Gasteiger partial charge in [0.2, 0.25) is 17.6 Å². The van der Waals surface area contributed by atoms with E-state index in [4.69, 9.17) is 9.26 Å². The molecule has 0 radical (unpaired) electrons. The van der Waals surface area contributed by atoms with Crippen LogP contribution in [0.5, 0.6) is 0 Å². The van der Waals surface area contributed by atoms with E-state index in [1.54, 1.807) is 19.3 Å². The molecule has 2 aliphatic heterocycles. The van der Waals surface area contributed by atoms with Crippen LogP contribution in [-0.4, -0.2) is 51.2 Å². The number of pyridine rings is 1.